The van der Waals surface area contributed by atoms with Crippen LogP contribution in [0.15, 0.2) is 0 Å². The molecule has 0 amide bonds. The van der Waals surface area contributed by atoms with Gasteiger partial charge in [0.05, 0.1) is 6.04 Å². The van der Waals surface area contributed by atoms with Gasteiger partial charge in [-0.2, -0.15) is 0 Å². The van der Waals surface area contributed by atoms with Crippen LogP contribution in [0.4, 0.5) is 0 Å². The molecule has 0 heterocycles. The van der Waals surface area contributed by atoms with Gasteiger partial charge < -0.3 is 0 Å². The van der Waals surface area contributed by atoms with Crippen molar-refractivity contribution < 1.29 is 4.79 Å². The zero-order chi connectivity index (χ0) is 15.0. The lowest BCUT2D eigenvalue weighted by atomic mass is 9.78. The monoisotopic (exact) mass is 282 g/mol. The zero-order valence-electron chi connectivity index (χ0n) is 13.9. The van der Waals surface area contributed by atoms with Crippen molar-refractivity contribution in [1.29, 1.82) is 0 Å². The molecule has 0 radical (unpaired) electrons. The minimum absolute atomic E-state index is 0.0422. The first-order valence-corrected chi connectivity index (χ1v) is 8.48. The summed E-state index contributed by atoms with van der Waals surface area (Å²) in [7, 11) is 1.86. The molecule has 0 aromatic heterocycles. The van der Waals surface area contributed by atoms with E-state index in [1.807, 2.05) is 7.05 Å². The smallest absolute Gasteiger partial charge is 0.156 e. The first-order valence-electron chi connectivity index (χ1n) is 8.48. The number of hydrazine groups is 1. The van der Waals surface area contributed by atoms with Crippen LogP contribution in [-0.4, -0.2) is 18.9 Å². The van der Waals surface area contributed by atoms with Crippen molar-refractivity contribution in [1.82, 2.24) is 10.9 Å². The summed E-state index contributed by atoms with van der Waals surface area (Å²) in [6, 6.07) is -0.0422. The Morgan fingerprint density at radius 1 is 1.15 bits per heavy atom. The number of carbonyl (C=O) groups is 1. The van der Waals surface area contributed by atoms with Crippen LogP contribution in [0.25, 0.3) is 0 Å². The molecule has 1 aliphatic rings. The Hall–Kier alpha value is -0.410. The molecule has 1 rings (SSSR count). The minimum Gasteiger partial charge on any atom is -0.297 e. The van der Waals surface area contributed by atoms with E-state index >= 15 is 0 Å². The number of Topliss-reactive ketones (excluding diaryl/α,β-unsaturated/α-hetero) is 1. The summed E-state index contributed by atoms with van der Waals surface area (Å²) in [5, 5.41) is 0. The predicted octanol–water partition coefficient (Wildman–Crippen LogP) is 3.83. The molecule has 0 spiro atoms. The average molecular weight is 282 g/mol. The van der Waals surface area contributed by atoms with Crippen LogP contribution in [0, 0.1) is 11.3 Å². The second kappa shape index (κ2) is 8.78. The molecular weight excluding hydrogens is 248 g/mol. The highest BCUT2D eigenvalue weighted by atomic mass is 16.1. The first kappa shape index (κ1) is 17.6. The molecule has 0 aromatic rings. The van der Waals surface area contributed by atoms with Gasteiger partial charge in [0.25, 0.3) is 0 Å². The van der Waals surface area contributed by atoms with E-state index in [-0.39, 0.29) is 11.5 Å². The number of rotatable bonds is 7. The molecule has 0 aliphatic heterocycles. The summed E-state index contributed by atoms with van der Waals surface area (Å²) in [6.45, 7) is 6.24. The van der Waals surface area contributed by atoms with Crippen molar-refractivity contribution in [3.8, 4) is 0 Å². The van der Waals surface area contributed by atoms with Crippen LogP contribution < -0.4 is 10.9 Å². The number of carbonyl (C=O) groups excluding carboxylic acids is 1. The molecule has 1 atom stereocenters. The molecule has 1 saturated carbocycles. The van der Waals surface area contributed by atoms with Gasteiger partial charge in [-0.3, -0.25) is 10.2 Å². The van der Waals surface area contributed by atoms with E-state index in [4.69, 9.17) is 0 Å². The summed E-state index contributed by atoms with van der Waals surface area (Å²) >= 11 is 0. The number of hydrogen-bond donors (Lipinski definition) is 2. The fourth-order valence-electron chi connectivity index (χ4n) is 3.16. The van der Waals surface area contributed by atoms with E-state index in [1.54, 1.807) is 0 Å². The van der Waals surface area contributed by atoms with Crippen LogP contribution in [0.2, 0.25) is 0 Å². The van der Waals surface area contributed by atoms with Crippen LogP contribution in [0.1, 0.15) is 78.6 Å². The lowest BCUT2D eigenvalue weighted by Gasteiger charge is -2.30. The van der Waals surface area contributed by atoms with Gasteiger partial charge in [0.2, 0.25) is 0 Å². The molecule has 118 valence electrons. The lowest BCUT2D eigenvalue weighted by molar-refractivity contribution is -0.130. The Bertz CT molecular complexity index is 281. The Labute approximate surface area is 125 Å². The van der Waals surface area contributed by atoms with E-state index < -0.39 is 0 Å². The Morgan fingerprint density at radius 2 is 1.70 bits per heavy atom. The maximum atomic E-state index is 12.7. The largest absolute Gasteiger partial charge is 0.297 e. The first-order chi connectivity index (χ1) is 9.51. The zero-order valence-corrected chi connectivity index (χ0v) is 13.9. The van der Waals surface area contributed by atoms with Crippen molar-refractivity contribution in [2.45, 2.75) is 84.6 Å². The van der Waals surface area contributed by atoms with Crippen molar-refractivity contribution in [3.63, 3.8) is 0 Å². The Balaban J connectivity index is 2.62. The second-order valence-corrected chi connectivity index (χ2v) is 7.00. The fourth-order valence-corrected chi connectivity index (χ4v) is 3.16. The van der Waals surface area contributed by atoms with E-state index in [0.717, 1.165) is 12.8 Å². The molecule has 3 nitrogen and oxygen atoms in total. The molecule has 1 fully saturated rings. The summed E-state index contributed by atoms with van der Waals surface area (Å²) in [4.78, 5) is 12.7. The standard InChI is InChI=1S/C17H34N2O/c1-5-17(2,3)16(20)15(19-18-4)13-14-11-9-7-6-8-10-12-14/h14-15,18-19H,5-13H2,1-4H3. The van der Waals surface area contributed by atoms with Crippen LogP contribution >= 0.6 is 0 Å². The third kappa shape index (κ3) is 5.53. The highest BCUT2D eigenvalue weighted by Gasteiger charge is 2.33. The van der Waals surface area contributed by atoms with Crippen molar-refractivity contribution in [2.75, 3.05) is 7.05 Å². The third-order valence-electron chi connectivity index (χ3n) is 4.98. The highest BCUT2D eigenvalue weighted by molar-refractivity contribution is 5.88. The summed E-state index contributed by atoms with van der Waals surface area (Å²) in [5.41, 5.74) is 5.97. The molecular formula is C17H34N2O. The number of hydrogen-bond acceptors (Lipinski definition) is 3. The van der Waals surface area contributed by atoms with Crippen LogP contribution in [-0.2, 0) is 4.79 Å². The molecule has 1 unspecified atom stereocenters. The van der Waals surface area contributed by atoms with E-state index in [0.29, 0.717) is 11.7 Å². The molecule has 2 N–H and O–H groups in total. The third-order valence-corrected chi connectivity index (χ3v) is 4.98. The topological polar surface area (TPSA) is 41.1 Å². The number of ketones is 1. The van der Waals surface area contributed by atoms with Gasteiger partial charge in [-0.25, -0.2) is 5.43 Å². The van der Waals surface area contributed by atoms with Gasteiger partial charge in [0.1, 0.15) is 0 Å². The van der Waals surface area contributed by atoms with Gasteiger partial charge in [-0.05, 0) is 25.8 Å². The van der Waals surface area contributed by atoms with Crippen LogP contribution in [0.3, 0.4) is 0 Å². The quantitative estimate of drug-likeness (QED) is 0.697. The summed E-state index contributed by atoms with van der Waals surface area (Å²) in [5.74, 6) is 1.06. The second-order valence-electron chi connectivity index (χ2n) is 7.00. The van der Waals surface area contributed by atoms with Gasteiger partial charge in [0.15, 0.2) is 5.78 Å². The molecule has 0 bridgehead atoms. The van der Waals surface area contributed by atoms with E-state index in [2.05, 4.69) is 31.6 Å². The fraction of sp³-hybridized carbons (Fsp3) is 0.941. The Kier molecular flexibility index (Phi) is 7.75. The van der Waals surface area contributed by atoms with Crippen LogP contribution in [0.5, 0.6) is 0 Å². The van der Waals surface area contributed by atoms with Gasteiger partial charge in [-0.1, -0.05) is 65.7 Å². The van der Waals surface area contributed by atoms with Gasteiger partial charge in [-0.15, -0.1) is 0 Å². The summed E-state index contributed by atoms with van der Waals surface area (Å²) < 4.78 is 0. The SMILES string of the molecule is CCC(C)(C)C(=O)C(CC1CCCCCCC1)NNC. The maximum Gasteiger partial charge on any atom is 0.156 e. The lowest BCUT2D eigenvalue weighted by Crippen LogP contribution is -2.49. The molecule has 20 heavy (non-hydrogen) atoms. The van der Waals surface area contributed by atoms with Gasteiger partial charge in [0, 0.05) is 5.41 Å². The van der Waals surface area contributed by atoms with Crippen molar-refractivity contribution in [2.24, 2.45) is 11.3 Å². The molecule has 3 heteroatoms. The highest BCUT2D eigenvalue weighted by Crippen LogP contribution is 2.29. The minimum atomic E-state index is -0.226. The van der Waals surface area contributed by atoms with Crippen molar-refractivity contribution in [3.05, 3.63) is 0 Å². The normalized spacial score (nSPS) is 20.2. The maximum absolute atomic E-state index is 12.7. The van der Waals surface area contributed by atoms with Crippen molar-refractivity contribution >= 4 is 5.78 Å². The Morgan fingerprint density at radius 3 is 2.20 bits per heavy atom. The van der Waals surface area contributed by atoms with E-state index in [1.165, 1.54) is 44.9 Å². The predicted molar refractivity (Wildman–Crippen MR) is 85.5 cm³/mol. The molecule has 0 aromatic carbocycles. The summed E-state index contributed by atoms with van der Waals surface area (Å²) in [6.07, 6.45) is 11.3. The average Bonchev–Trinajstić information content (AvgIpc) is 2.39. The number of nitrogens with one attached hydrogen (secondary N) is 2. The molecule has 0 saturated heterocycles. The van der Waals surface area contributed by atoms with E-state index in [9.17, 15) is 4.79 Å². The molecule has 1 aliphatic carbocycles. The van der Waals surface area contributed by atoms with Gasteiger partial charge >= 0.3 is 0 Å².